The standard InChI is InChI=1S/C12H16N4OS/c1-8-2-4-12(13,5-3-8)11-15-10(17-16-11)9-6-14-7-18-9/h6-8H,2-5,13H2,1H3. The van der Waals surface area contributed by atoms with Crippen molar-refractivity contribution in [1.82, 2.24) is 15.1 Å². The van der Waals surface area contributed by atoms with Gasteiger partial charge in [-0.05, 0) is 31.6 Å². The van der Waals surface area contributed by atoms with Gasteiger partial charge < -0.3 is 10.3 Å². The van der Waals surface area contributed by atoms with Crippen LogP contribution >= 0.6 is 11.3 Å². The zero-order valence-electron chi connectivity index (χ0n) is 10.3. The summed E-state index contributed by atoms with van der Waals surface area (Å²) in [6.45, 7) is 2.26. The molecule has 0 aliphatic heterocycles. The highest BCUT2D eigenvalue weighted by Gasteiger charge is 2.36. The van der Waals surface area contributed by atoms with Crippen LogP contribution in [0.4, 0.5) is 0 Å². The predicted octanol–water partition coefficient (Wildman–Crippen LogP) is 2.56. The van der Waals surface area contributed by atoms with Crippen molar-refractivity contribution in [1.29, 1.82) is 0 Å². The number of hydrogen-bond donors (Lipinski definition) is 1. The van der Waals surface area contributed by atoms with Crippen LogP contribution in [-0.2, 0) is 5.54 Å². The van der Waals surface area contributed by atoms with E-state index >= 15 is 0 Å². The van der Waals surface area contributed by atoms with E-state index < -0.39 is 5.54 Å². The Labute approximate surface area is 109 Å². The second-order valence-electron chi connectivity index (χ2n) is 5.13. The van der Waals surface area contributed by atoms with Gasteiger partial charge >= 0.3 is 0 Å². The molecule has 0 aromatic carbocycles. The predicted molar refractivity (Wildman–Crippen MR) is 68.9 cm³/mol. The maximum atomic E-state index is 6.41. The molecule has 0 radical (unpaired) electrons. The summed E-state index contributed by atoms with van der Waals surface area (Å²) in [5, 5.41) is 4.06. The Morgan fingerprint density at radius 3 is 2.89 bits per heavy atom. The molecule has 18 heavy (non-hydrogen) atoms. The molecule has 2 N–H and O–H groups in total. The van der Waals surface area contributed by atoms with Crippen molar-refractivity contribution in [2.24, 2.45) is 11.7 Å². The molecule has 0 amide bonds. The zero-order chi connectivity index (χ0) is 12.6. The van der Waals surface area contributed by atoms with Gasteiger partial charge in [0.15, 0.2) is 5.82 Å². The van der Waals surface area contributed by atoms with Crippen LogP contribution in [0.3, 0.4) is 0 Å². The fraction of sp³-hybridized carbons (Fsp3) is 0.583. The molecule has 96 valence electrons. The maximum Gasteiger partial charge on any atom is 0.269 e. The summed E-state index contributed by atoms with van der Waals surface area (Å²) in [5.41, 5.74) is 7.74. The number of thiazole rings is 1. The van der Waals surface area contributed by atoms with Crippen LogP contribution in [0.1, 0.15) is 38.4 Å². The van der Waals surface area contributed by atoms with Gasteiger partial charge in [-0.25, -0.2) is 0 Å². The second kappa shape index (κ2) is 4.44. The van der Waals surface area contributed by atoms with E-state index in [1.54, 1.807) is 11.7 Å². The van der Waals surface area contributed by atoms with Crippen molar-refractivity contribution < 1.29 is 4.52 Å². The summed E-state index contributed by atoms with van der Waals surface area (Å²) in [5.74, 6) is 1.91. The van der Waals surface area contributed by atoms with Gasteiger partial charge in [-0.1, -0.05) is 12.1 Å². The second-order valence-corrected chi connectivity index (χ2v) is 6.01. The van der Waals surface area contributed by atoms with Crippen LogP contribution in [0.25, 0.3) is 10.8 Å². The van der Waals surface area contributed by atoms with Crippen molar-refractivity contribution in [3.8, 4) is 10.8 Å². The molecule has 3 rings (SSSR count). The number of aromatic nitrogens is 3. The molecule has 2 aromatic heterocycles. The molecule has 0 bridgehead atoms. The zero-order valence-corrected chi connectivity index (χ0v) is 11.1. The molecule has 2 heterocycles. The minimum Gasteiger partial charge on any atom is -0.333 e. The number of nitrogens with two attached hydrogens (primary N) is 1. The van der Waals surface area contributed by atoms with Crippen LogP contribution < -0.4 is 5.73 Å². The molecule has 0 atom stereocenters. The minimum atomic E-state index is -0.418. The van der Waals surface area contributed by atoms with Crippen LogP contribution in [-0.4, -0.2) is 15.1 Å². The minimum absolute atomic E-state index is 0.418. The summed E-state index contributed by atoms with van der Waals surface area (Å²) in [6.07, 6.45) is 5.83. The molecule has 1 saturated carbocycles. The highest BCUT2D eigenvalue weighted by Crippen LogP contribution is 2.36. The fourth-order valence-electron chi connectivity index (χ4n) is 2.35. The third-order valence-electron chi connectivity index (χ3n) is 3.68. The first-order chi connectivity index (χ1) is 8.67. The topological polar surface area (TPSA) is 77.8 Å². The summed E-state index contributed by atoms with van der Waals surface area (Å²) >= 11 is 1.49. The first-order valence-corrected chi connectivity index (χ1v) is 7.07. The van der Waals surface area contributed by atoms with E-state index in [2.05, 4.69) is 22.0 Å². The molecule has 6 heteroatoms. The quantitative estimate of drug-likeness (QED) is 0.901. The van der Waals surface area contributed by atoms with Crippen LogP contribution in [0.2, 0.25) is 0 Å². The summed E-state index contributed by atoms with van der Waals surface area (Å²) in [6, 6.07) is 0. The van der Waals surface area contributed by atoms with E-state index in [0.717, 1.165) is 36.5 Å². The SMILES string of the molecule is CC1CCC(N)(c2noc(-c3cncs3)n2)CC1. The van der Waals surface area contributed by atoms with Gasteiger partial charge in [-0.2, -0.15) is 4.98 Å². The number of rotatable bonds is 2. The molecule has 0 saturated heterocycles. The van der Waals surface area contributed by atoms with Crippen LogP contribution in [0, 0.1) is 5.92 Å². The lowest BCUT2D eigenvalue weighted by atomic mass is 9.77. The van der Waals surface area contributed by atoms with Crippen molar-refractivity contribution in [2.45, 2.75) is 38.1 Å². The van der Waals surface area contributed by atoms with Crippen molar-refractivity contribution >= 4 is 11.3 Å². The Bertz CT molecular complexity index is 514. The molecule has 1 fully saturated rings. The Morgan fingerprint density at radius 1 is 1.44 bits per heavy atom. The van der Waals surface area contributed by atoms with E-state index in [9.17, 15) is 0 Å². The van der Waals surface area contributed by atoms with E-state index in [4.69, 9.17) is 10.3 Å². The Hall–Kier alpha value is -1.27. The highest BCUT2D eigenvalue weighted by molar-refractivity contribution is 7.13. The van der Waals surface area contributed by atoms with Crippen LogP contribution in [0.15, 0.2) is 16.2 Å². The maximum absolute atomic E-state index is 6.41. The van der Waals surface area contributed by atoms with Gasteiger partial charge in [-0.3, -0.25) is 4.98 Å². The number of nitrogens with zero attached hydrogens (tertiary/aromatic N) is 3. The van der Waals surface area contributed by atoms with E-state index in [1.165, 1.54) is 11.3 Å². The molecule has 1 aliphatic rings. The molecule has 0 unspecified atom stereocenters. The average Bonchev–Trinajstić information content (AvgIpc) is 3.01. The van der Waals surface area contributed by atoms with Crippen molar-refractivity contribution in [3.05, 3.63) is 17.5 Å². The molecule has 2 aromatic rings. The Balaban J connectivity index is 1.85. The molecular weight excluding hydrogens is 248 g/mol. The van der Waals surface area contributed by atoms with Gasteiger partial charge in [0.05, 0.1) is 17.2 Å². The van der Waals surface area contributed by atoms with Gasteiger partial charge in [0.1, 0.15) is 4.88 Å². The summed E-state index contributed by atoms with van der Waals surface area (Å²) in [4.78, 5) is 9.34. The van der Waals surface area contributed by atoms with E-state index in [1.807, 2.05) is 0 Å². The lowest BCUT2D eigenvalue weighted by Gasteiger charge is -2.33. The highest BCUT2D eigenvalue weighted by atomic mass is 32.1. The lowest BCUT2D eigenvalue weighted by molar-refractivity contribution is 0.230. The van der Waals surface area contributed by atoms with Crippen molar-refractivity contribution in [2.75, 3.05) is 0 Å². The van der Waals surface area contributed by atoms with Gasteiger partial charge in [-0.15, -0.1) is 11.3 Å². The van der Waals surface area contributed by atoms with E-state index in [0.29, 0.717) is 11.7 Å². The first kappa shape index (κ1) is 11.8. The third-order valence-corrected chi connectivity index (χ3v) is 4.44. The lowest BCUT2D eigenvalue weighted by Crippen LogP contribution is -2.41. The van der Waals surface area contributed by atoms with Crippen LogP contribution in [0.5, 0.6) is 0 Å². The largest absolute Gasteiger partial charge is 0.333 e. The van der Waals surface area contributed by atoms with Crippen molar-refractivity contribution in [3.63, 3.8) is 0 Å². The number of hydrogen-bond acceptors (Lipinski definition) is 6. The van der Waals surface area contributed by atoms with Gasteiger partial charge in [0.2, 0.25) is 0 Å². The fourth-order valence-corrected chi connectivity index (χ4v) is 2.89. The van der Waals surface area contributed by atoms with Gasteiger partial charge in [0.25, 0.3) is 5.89 Å². The monoisotopic (exact) mass is 264 g/mol. The van der Waals surface area contributed by atoms with E-state index in [-0.39, 0.29) is 0 Å². The molecule has 1 aliphatic carbocycles. The normalized spacial score (nSPS) is 28.4. The third kappa shape index (κ3) is 2.06. The van der Waals surface area contributed by atoms with Gasteiger partial charge in [0, 0.05) is 0 Å². The molecule has 5 nitrogen and oxygen atoms in total. The summed E-state index contributed by atoms with van der Waals surface area (Å²) < 4.78 is 5.28. The molecular formula is C12H16N4OS. The molecule has 0 spiro atoms. The smallest absolute Gasteiger partial charge is 0.269 e. The summed E-state index contributed by atoms with van der Waals surface area (Å²) in [7, 11) is 0. The Kier molecular flexibility index (Phi) is 2.91. The average molecular weight is 264 g/mol. The Morgan fingerprint density at radius 2 is 2.22 bits per heavy atom. The first-order valence-electron chi connectivity index (χ1n) is 6.19.